The third-order valence-corrected chi connectivity index (χ3v) is 4.94. The molecule has 1 N–H and O–H groups in total. The Hall–Kier alpha value is -1.39. The summed E-state index contributed by atoms with van der Waals surface area (Å²) in [5.41, 5.74) is 1.38. The van der Waals surface area contributed by atoms with Crippen LogP contribution in [0.25, 0.3) is 0 Å². The van der Waals surface area contributed by atoms with Crippen LogP contribution in [0.4, 0.5) is 0 Å². The normalized spacial score (nSPS) is 25.5. The summed E-state index contributed by atoms with van der Waals surface area (Å²) in [5.74, 6) is 1.14. The summed E-state index contributed by atoms with van der Waals surface area (Å²) in [6, 6.07) is 10.6. The Morgan fingerprint density at radius 3 is 2.86 bits per heavy atom. The van der Waals surface area contributed by atoms with Crippen molar-refractivity contribution < 1.29 is 4.79 Å². The predicted octanol–water partition coefficient (Wildman–Crippen LogP) is 1.58. The number of carbonyl (C=O) groups is 1. The fourth-order valence-corrected chi connectivity index (χ4v) is 3.70. The molecule has 2 aliphatic rings. The number of likely N-dealkylation sites (tertiary alicyclic amines) is 1. The molecule has 1 aromatic carbocycles. The average Bonchev–Trinajstić information content (AvgIpc) is 3.19. The van der Waals surface area contributed by atoms with Gasteiger partial charge >= 0.3 is 0 Å². The molecule has 120 valence electrons. The molecule has 4 nitrogen and oxygen atoms in total. The van der Waals surface area contributed by atoms with E-state index in [1.54, 1.807) is 0 Å². The summed E-state index contributed by atoms with van der Waals surface area (Å²) in [6.07, 6.45) is 2.20. The molecule has 2 atom stereocenters. The van der Waals surface area contributed by atoms with Gasteiger partial charge in [0, 0.05) is 33.2 Å². The lowest BCUT2D eigenvalue weighted by Crippen LogP contribution is -2.37. The Balaban J connectivity index is 1.45. The maximum absolute atomic E-state index is 12.4. The van der Waals surface area contributed by atoms with E-state index in [2.05, 4.69) is 40.5 Å². The molecule has 2 fully saturated rings. The van der Waals surface area contributed by atoms with Crippen LogP contribution in [-0.4, -0.2) is 55.5 Å². The standard InChI is InChI=1S/C18H27N3O/c1-20(18(22)17-7-9-19-11-17)12-16-8-10-21(14-16)13-15-5-3-2-4-6-15/h2-6,16-17,19H,7-14H2,1H3. The van der Waals surface area contributed by atoms with E-state index in [9.17, 15) is 4.79 Å². The van der Waals surface area contributed by atoms with Gasteiger partial charge in [-0.05, 0) is 37.4 Å². The summed E-state index contributed by atoms with van der Waals surface area (Å²) >= 11 is 0. The highest BCUT2D eigenvalue weighted by atomic mass is 16.2. The second-order valence-electron chi connectivity index (χ2n) is 6.78. The van der Waals surface area contributed by atoms with Crippen molar-refractivity contribution in [3.05, 3.63) is 35.9 Å². The monoisotopic (exact) mass is 301 g/mol. The quantitative estimate of drug-likeness (QED) is 0.897. The SMILES string of the molecule is CN(CC1CCN(Cc2ccccc2)C1)C(=O)C1CCNC1. The molecule has 0 aliphatic carbocycles. The molecule has 0 radical (unpaired) electrons. The van der Waals surface area contributed by atoms with Crippen LogP contribution in [0, 0.1) is 11.8 Å². The van der Waals surface area contributed by atoms with Crippen LogP contribution >= 0.6 is 0 Å². The molecule has 3 rings (SSSR count). The molecule has 1 aromatic rings. The number of benzene rings is 1. The van der Waals surface area contributed by atoms with Crippen LogP contribution in [-0.2, 0) is 11.3 Å². The summed E-state index contributed by atoms with van der Waals surface area (Å²) in [5, 5.41) is 3.28. The number of hydrogen-bond acceptors (Lipinski definition) is 3. The molecule has 2 saturated heterocycles. The van der Waals surface area contributed by atoms with E-state index in [0.29, 0.717) is 11.8 Å². The lowest BCUT2D eigenvalue weighted by atomic mass is 10.1. The zero-order valence-corrected chi connectivity index (χ0v) is 13.5. The van der Waals surface area contributed by atoms with Gasteiger partial charge in [-0.25, -0.2) is 0 Å². The van der Waals surface area contributed by atoms with Crippen LogP contribution in [0.3, 0.4) is 0 Å². The Morgan fingerprint density at radius 2 is 2.14 bits per heavy atom. The molecule has 0 aromatic heterocycles. The summed E-state index contributed by atoms with van der Waals surface area (Å²) in [7, 11) is 1.97. The van der Waals surface area contributed by atoms with Gasteiger partial charge in [-0.2, -0.15) is 0 Å². The molecule has 2 unspecified atom stereocenters. The fraction of sp³-hybridized carbons (Fsp3) is 0.611. The topological polar surface area (TPSA) is 35.6 Å². The van der Waals surface area contributed by atoms with E-state index >= 15 is 0 Å². The van der Waals surface area contributed by atoms with Crippen molar-refractivity contribution in [1.82, 2.24) is 15.1 Å². The Kier molecular flexibility index (Phi) is 5.11. The molecule has 2 aliphatic heterocycles. The van der Waals surface area contributed by atoms with Crippen molar-refractivity contribution in [3.8, 4) is 0 Å². The van der Waals surface area contributed by atoms with Crippen molar-refractivity contribution in [2.24, 2.45) is 11.8 Å². The smallest absolute Gasteiger partial charge is 0.226 e. The van der Waals surface area contributed by atoms with Gasteiger partial charge in [-0.15, -0.1) is 0 Å². The van der Waals surface area contributed by atoms with E-state index in [1.165, 1.54) is 12.0 Å². The molecule has 0 bridgehead atoms. The molecule has 2 heterocycles. The lowest BCUT2D eigenvalue weighted by Gasteiger charge is -2.24. The average molecular weight is 301 g/mol. The van der Waals surface area contributed by atoms with Gasteiger partial charge in [0.05, 0.1) is 5.92 Å². The van der Waals surface area contributed by atoms with Crippen molar-refractivity contribution in [2.75, 3.05) is 39.8 Å². The Morgan fingerprint density at radius 1 is 1.32 bits per heavy atom. The summed E-state index contributed by atoms with van der Waals surface area (Å²) < 4.78 is 0. The van der Waals surface area contributed by atoms with Gasteiger partial charge in [0.2, 0.25) is 5.91 Å². The van der Waals surface area contributed by atoms with Gasteiger partial charge in [-0.1, -0.05) is 30.3 Å². The van der Waals surface area contributed by atoms with E-state index in [1.807, 2.05) is 11.9 Å². The van der Waals surface area contributed by atoms with Crippen LogP contribution in [0.2, 0.25) is 0 Å². The third-order valence-electron chi connectivity index (χ3n) is 4.94. The zero-order chi connectivity index (χ0) is 15.4. The number of hydrogen-bond donors (Lipinski definition) is 1. The molecule has 4 heteroatoms. The van der Waals surface area contributed by atoms with Gasteiger partial charge in [-0.3, -0.25) is 9.69 Å². The maximum Gasteiger partial charge on any atom is 0.226 e. The third kappa shape index (κ3) is 3.87. The van der Waals surface area contributed by atoms with E-state index < -0.39 is 0 Å². The number of rotatable bonds is 5. The number of amides is 1. The first-order valence-electron chi connectivity index (χ1n) is 8.44. The fourth-order valence-electron chi connectivity index (χ4n) is 3.70. The summed E-state index contributed by atoms with van der Waals surface area (Å²) in [4.78, 5) is 16.9. The predicted molar refractivity (Wildman–Crippen MR) is 88.4 cm³/mol. The van der Waals surface area contributed by atoms with Crippen molar-refractivity contribution >= 4 is 5.91 Å². The minimum Gasteiger partial charge on any atom is -0.345 e. The van der Waals surface area contributed by atoms with E-state index in [0.717, 1.165) is 45.7 Å². The Labute approximate surface area is 133 Å². The van der Waals surface area contributed by atoms with Gasteiger partial charge < -0.3 is 10.2 Å². The van der Waals surface area contributed by atoms with Gasteiger partial charge in [0.15, 0.2) is 0 Å². The minimum atomic E-state index is 0.201. The summed E-state index contributed by atoms with van der Waals surface area (Å²) in [6.45, 7) is 6.02. The highest BCUT2D eigenvalue weighted by molar-refractivity contribution is 5.79. The first-order chi connectivity index (χ1) is 10.7. The number of nitrogens with one attached hydrogen (secondary N) is 1. The number of carbonyl (C=O) groups excluding carboxylic acids is 1. The van der Waals surface area contributed by atoms with Crippen molar-refractivity contribution in [3.63, 3.8) is 0 Å². The maximum atomic E-state index is 12.4. The Bertz CT molecular complexity index is 484. The largest absolute Gasteiger partial charge is 0.345 e. The minimum absolute atomic E-state index is 0.201. The van der Waals surface area contributed by atoms with Gasteiger partial charge in [0.25, 0.3) is 0 Å². The lowest BCUT2D eigenvalue weighted by molar-refractivity contribution is -0.134. The first-order valence-corrected chi connectivity index (χ1v) is 8.44. The van der Waals surface area contributed by atoms with Crippen LogP contribution in [0.15, 0.2) is 30.3 Å². The van der Waals surface area contributed by atoms with Crippen LogP contribution in [0.1, 0.15) is 18.4 Å². The molecular formula is C18H27N3O. The van der Waals surface area contributed by atoms with Crippen LogP contribution < -0.4 is 5.32 Å². The van der Waals surface area contributed by atoms with Crippen LogP contribution in [0.5, 0.6) is 0 Å². The first kappa shape index (κ1) is 15.5. The molecular weight excluding hydrogens is 274 g/mol. The highest BCUT2D eigenvalue weighted by Crippen LogP contribution is 2.20. The second kappa shape index (κ2) is 7.25. The highest BCUT2D eigenvalue weighted by Gasteiger charge is 2.29. The van der Waals surface area contributed by atoms with Crippen molar-refractivity contribution in [1.29, 1.82) is 0 Å². The second-order valence-corrected chi connectivity index (χ2v) is 6.78. The van der Waals surface area contributed by atoms with Gasteiger partial charge in [0.1, 0.15) is 0 Å². The molecule has 0 spiro atoms. The molecule has 0 saturated carbocycles. The van der Waals surface area contributed by atoms with E-state index in [4.69, 9.17) is 0 Å². The molecule has 22 heavy (non-hydrogen) atoms. The number of nitrogens with zero attached hydrogens (tertiary/aromatic N) is 2. The zero-order valence-electron chi connectivity index (χ0n) is 13.5. The van der Waals surface area contributed by atoms with E-state index in [-0.39, 0.29) is 5.92 Å². The molecule has 1 amide bonds. The van der Waals surface area contributed by atoms with Crippen molar-refractivity contribution in [2.45, 2.75) is 19.4 Å².